The molecule has 1 heterocycles. The summed E-state index contributed by atoms with van der Waals surface area (Å²) in [7, 11) is 0. The topological polar surface area (TPSA) is 80.5 Å². The van der Waals surface area contributed by atoms with E-state index in [1.54, 1.807) is 12.1 Å². The van der Waals surface area contributed by atoms with Crippen LogP contribution in [0, 0.1) is 20.6 Å². The fourth-order valence-corrected chi connectivity index (χ4v) is 5.24. The smallest absolute Gasteiger partial charge is 0.268 e. The molecule has 0 N–H and O–H groups in total. The average Bonchev–Trinajstić information content (AvgIpc) is 3.05. The van der Waals surface area contributed by atoms with E-state index in [4.69, 9.17) is 0 Å². The van der Waals surface area contributed by atoms with Gasteiger partial charge in [-0.15, -0.1) is 0 Å². The number of nitro groups is 1. The van der Waals surface area contributed by atoms with E-state index in [0.717, 1.165) is 31.4 Å². The Balaban J connectivity index is 1.56. The van der Waals surface area contributed by atoms with Crippen molar-refractivity contribution in [3.63, 3.8) is 0 Å². The van der Waals surface area contributed by atoms with Gasteiger partial charge >= 0.3 is 0 Å². The Morgan fingerprint density at radius 2 is 1.76 bits per heavy atom. The lowest BCUT2D eigenvalue weighted by Crippen LogP contribution is -2.27. The van der Waals surface area contributed by atoms with Crippen molar-refractivity contribution in [2.75, 3.05) is 0 Å². The number of rotatable bonds is 6. The average molecular weight is 588 g/mol. The van der Waals surface area contributed by atoms with Gasteiger partial charge in [0.05, 0.1) is 21.3 Å². The van der Waals surface area contributed by atoms with Crippen LogP contribution in [0.3, 0.4) is 0 Å². The molecule has 3 aromatic carbocycles. The van der Waals surface area contributed by atoms with Gasteiger partial charge in [-0.3, -0.25) is 24.6 Å². The minimum atomic E-state index is -0.434. The number of carbonyl (C=O) groups excluding carboxylic acids is 2. The van der Waals surface area contributed by atoms with E-state index in [0.29, 0.717) is 10.5 Å². The molecule has 6 nitrogen and oxygen atoms in total. The summed E-state index contributed by atoms with van der Waals surface area (Å²) in [6.07, 6.45) is 1.53. The van der Waals surface area contributed by atoms with E-state index in [1.165, 1.54) is 28.8 Å². The summed E-state index contributed by atoms with van der Waals surface area (Å²) in [4.78, 5) is 39.3. The first-order valence-corrected chi connectivity index (χ1v) is 12.5. The van der Waals surface area contributed by atoms with Crippen LogP contribution in [0.4, 0.5) is 10.5 Å². The summed E-state index contributed by atoms with van der Waals surface area (Å²) >= 11 is 4.34. The van der Waals surface area contributed by atoms with Gasteiger partial charge in [-0.05, 0) is 88.8 Å². The van der Waals surface area contributed by atoms with Crippen LogP contribution in [0.5, 0.6) is 0 Å². The SMILES string of the molecule is Cc1ccc(Sc2ccc(/C=C3\SC(=O)N(Cc4ccc(I)cc4)C3=O)cc2[N+](=O)[O-])cc1. The normalized spacial score (nSPS) is 14.8. The number of hydrogen-bond acceptors (Lipinski definition) is 6. The number of amides is 2. The van der Waals surface area contributed by atoms with Crippen LogP contribution in [0.2, 0.25) is 0 Å². The van der Waals surface area contributed by atoms with Crippen LogP contribution in [0.25, 0.3) is 6.08 Å². The first kappa shape index (κ1) is 23.5. The first-order valence-electron chi connectivity index (χ1n) is 9.83. The number of nitrogens with zero attached hydrogens (tertiary/aromatic N) is 2. The molecule has 0 bridgehead atoms. The van der Waals surface area contributed by atoms with Crippen molar-refractivity contribution >= 4 is 69.0 Å². The third-order valence-corrected chi connectivity index (χ3v) is 7.55. The lowest BCUT2D eigenvalue weighted by atomic mass is 10.1. The van der Waals surface area contributed by atoms with Crippen LogP contribution in [0.15, 0.2) is 81.4 Å². The number of carbonyl (C=O) groups is 2. The molecule has 9 heteroatoms. The molecule has 1 aliphatic rings. The molecule has 4 rings (SSSR count). The van der Waals surface area contributed by atoms with Crippen molar-refractivity contribution in [2.45, 2.75) is 23.3 Å². The molecule has 0 atom stereocenters. The van der Waals surface area contributed by atoms with Gasteiger partial charge in [0.2, 0.25) is 0 Å². The molecule has 1 saturated heterocycles. The monoisotopic (exact) mass is 588 g/mol. The molecule has 1 aliphatic heterocycles. The van der Waals surface area contributed by atoms with Crippen molar-refractivity contribution in [3.8, 4) is 0 Å². The molecule has 0 aliphatic carbocycles. The van der Waals surface area contributed by atoms with Crippen molar-refractivity contribution in [2.24, 2.45) is 0 Å². The number of aryl methyl sites for hydroxylation is 1. The number of hydrogen-bond donors (Lipinski definition) is 0. The molecule has 3 aromatic rings. The number of halogens is 1. The van der Waals surface area contributed by atoms with E-state index >= 15 is 0 Å². The van der Waals surface area contributed by atoms with Gasteiger partial charge in [0.25, 0.3) is 16.8 Å². The highest BCUT2D eigenvalue weighted by Crippen LogP contribution is 2.38. The van der Waals surface area contributed by atoms with Crippen LogP contribution >= 0.6 is 46.1 Å². The second-order valence-electron chi connectivity index (χ2n) is 7.29. The number of nitro benzene ring substituents is 1. The zero-order chi connectivity index (χ0) is 23.5. The Morgan fingerprint density at radius 3 is 2.42 bits per heavy atom. The Morgan fingerprint density at radius 1 is 1.06 bits per heavy atom. The molecule has 1 fully saturated rings. The largest absolute Gasteiger partial charge is 0.293 e. The standard InChI is InChI=1S/C24H17IN2O4S2/c1-15-2-9-19(10-3-15)32-21-11-6-17(12-20(21)27(30)31)13-22-23(28)26(24(29)33-22)14-16-4-7-18(25)8-5-16/h2-13H,14H2,1H3/b22-13-. The highest BCUT2D eigenvalue weighted by molar-refractivity contribution is 14.1. The van der Waals surface area contributed by atoms with Crippen LogP contribution < -0.4 is 0 Å². The fourth-order valence-electron chi connectivity index (χ4n) is 3.15. The van der Waals surface area contributed by atoms with Gasteiger partial charge in [-0.25, -0.2) is 0 Å². The molecule has 0 unspecified atom stereocenters. The van der Waals surface area contributed by atoms with Crippen molar-refractivity contribution < 1.29 is 14.5 Å². The second kappa shape index (κ2) is 10.1. The van der Waals surface area contributed by atoms with E-state index < -0.39 is 10.8 Å². The molecule has 0 radical (unpaired) electrons. The van der Waals surface area contributed by atoms with Gasteiger partial charge < -0.3 is 0 Å². The fraction of sp³-hybridized carbons (Fsp3) is 0.0833. The van der Waals surface area contributed by atoms with Gasteiger partial charge in [0, 0.05) is 14.5 Å². The Hall–Kier alpha value is -2.63. The van der Waals surface area contributed by atoms with Crippen LogP contribution in [0.1, 0.15) is 16.7 Å². The zero-order valence-electron chi connectivity index (χ0n) is 17.4. The van der Waals surface area contributed by atoms with Crippen molar-refractivity contribution in [3.05, 3.63) is 102 Å². The highest BCUT2D eigenvalue weighted by atomic mass is 127. The maximum atomic E-state index is 12.8. The van der Waals surface area contributed by atoms with Crippen molar-refractivity contribution in [1.82, 2.24) is 4.90 Å². The first-order chi connectivity index (χ1) is 15.8. The number of thioether (sulfide) groups is 1. The molecule has 0 saturated carbocycles. The zero-order valence-corrected chi connectivity index (χ0v) is 21.1. The molecule has 33 heavy (non-hydrogen) atoms. The molecular formula is C24H17IN2O4S2. The summed E-state index contributed by atoms with van der Waals surface area (Å²) in [5.41, 5.74) is 2.41. The quantitative estimate of drug-likeness (QED) is 0.135. The molecule has 0 aromatic heterocycles. The predicted octanol–water partition coefficient (Wildman–Crippen LogP) is 6.90. The Labute approximate surface area is 212 Å². The summed E-state index contributed by atoms with van der Waals surface area (Å²) in [6.45, 7) is 2.17. The van der Waals surface area contributed by atoms with E-state index in [1.807, 2.05) is 55.5 Å². The lowest BCUT2D eigenvalue weighted by Gasteiger charge is -2.12. The van der Waals surface area contributed by atoms with Gasteiger partial charge in [0.1, 0.15) is 0 Å². The third-order valence-electron chi connectivity index (χ3n) is 4.85. The minimum absolute atomic E-state index is 0.0487. The van der Waals surface area contributed by atoms with E-state index in [9.17, 15) is 19.7 Å². The van der Waals surface area contributed by atoms with Crippen molar-refractivity contribution in [1.29, 1.82) is 0 Å². The van der Waals surface area contributed by atoms with Crippen LogP contribution in [-0.2, 0) is 11.3 Å². The maximum absolute atomic E-state index is 12.8. The Kier molecular flexibility index (Phi) is 7.20. The lowest BCUT2D eigenvalue weighted by molar-refractivity contribution is -0.387. The molecule has 0 spiro atoms. The molecule has 2 amide bonds. The predicted molar refractivity (Wildman–Crippen MR) is 139 cm³/mol. The maximum Gasteiger partial charge on any atom is 0.293 e. The summed E-state index contributed by atoms with van der Waals surface area (Å²) in [5, 5.41) is 11.3. The molecule has 166 valence electrons. The van der Waals surface area contributed by atoms with Crippen LogP contribution in [-0.4, -0.2) is 21.0 Å². The third kappa shape index (κ3) is 5.66. The highest BCUT2D eigenvalue weighted by Gasteiger charge is 2.35. The summed E-state index contributed by atoms with van der Waals surface area (Å²) in [6, 6.07) is 20.2. The van der Waals surface area contributed by atoms with Gasteiger partial charge in [0.15, 0.2) is 0 Å². The van der Waals surface area contributed by atoms with E-state index in [2.05, 4.69) is 22.6 Å². The summed E-state index contributed by atoms with van der Waals surface area (Å²) < 4.78 is 1.07. The number of imide groups is 1. The summed E-state index contributed by atoms with van der Waals surface area (Å²) in [5.74, 6) is -0.399. The second-order valence-corrected chi connectivity index (χ2v) is 10.6. The molecular weight excluding hydrogens is 571 g/mol. The van der Waals surface area contributed by atoms with Gasteiger partial charge in [-0.2, -0.15) is 0 Å². The minimum Gasteiger partial charge on any atom is -0.268 e. The van der Waals surface area contributed by atoms with Gasteiger partial charge in [-0.1, -0.05) is 47.7 Å². The number of benzene rings is 3. The van der Waals surface area contributed by atoms with E-state index in [-0.39, 0.29) is 22.4 Å². The Bertz CT molecular complexity index is 1270.